The molecule has 0 saturated heterocycles. The van der Waals surface area contributed by atoms with Crippen LogP contribution in [0.15, 0.2) is 6.58 Å². The maximum Gasteiger partial charge on any atom is 0.164 e. The van der Waals surface area contributed by atoms with Gasteiger partial charge in [-0.25, -0.2) is 4.98 Å². The summed E-state index contributed by atoms with van der Waals surface area (Å²) in [4.78, 5) is 12.1. The number of hydrogen-bond acceptors (Lipinski definition) is 4. The van der Waals surface area contributed by atoms with E-state index in [-0.39, 0.29) is 32.7 Å². The monoisotopic (exact) mass is 331 g/mol. The average Bonchev–Trinajstić information content (AvgIpc) is 2.16. The first-order chi connectivity index (χ1) is 6.17. The van der Waals surface area contributed by atoms with Crippen molar-refractivity contribution in [1.82, 2.24) is 15.0 Å². The fourth-order valence-electron chi connectivity index (χ4n) is 0.698. The van der Waals surface area contributed by atoms with Gasteiger partial charge in [-0.1, -0.05) is 6.58 Å². The quantitative estimate of drug-likeness (QED) is 0.794. The molecule has 0 amide bonds. The van der Waals surface area contributed by atoms with Crippen molar-refractivity contribution in [3.63, 3.8) is 0 Å². The van der Waals surface area contributed by atoms with Crippen LogP contribution >= 0.6 is 16.1 Å². The number of rotatable bonds is 3. The predicted molar refractivity (Wildman–Crippen MR) is 56.2 cm³/mol. The molecule has 0 saturated carbocycles. The maximum atomic E-state index is 4.08. The molecule has 0 bridgehead atoms. The van der Waals surface area contributed by atoms with Gasteiger partial charge in [-0.05, 0) is 13.1 Å². The van der Waals surface area contributed by atoms with Crippen LogP contribution < -0.4 is 3.93 Å². The molecular weight excluding hydrogens is 323 g/mol. The summed E-state index contributed by atoms with van der Waals surface area (Å²) in [6.45, 7) is 3.58. The van der Waals surface area contributed by atoms with Crippen molar-refractivity contribution >= 4 is 34.1 Å². The molecule has 5 nitrogen and oxygen atoms in total. The third-order valence-corrected chi connectivity index (χ3v) is 1.60. The first-order valence-corrected chi connectivity index (χ1v) is 4.26. The summed E-state index contributed by atoms with van der Waals surface area (Å²) in [6.07, 6.45) is 1.55. The van der Waals surface area contributed by atoms with Crippen molar-refractivity contribution in [1.29, 1.82) is 0 Å². The summed E-state index contributed by atoms with van der Waals surface area (Å²) in [5, 5.41) is 3.86. The second-order valence-corrected chi connectivity index (χ2v) is 3.26. The second-order valence-electron chi connectivity index (χ2n) is 2.20. The van der Waals surface area contributed by atoms with Gasteiger partial charge in [0.1, 0.15) is 0 Å². The molecule has 0 unspecified atom stereocenters. The van der Waals surface area contributed by atoms with Crippen LogP contribution in [0.3, 0.4) is 0 Å². The molecule has 1 aromatic rings. The molecule has 0 fully saturated rings. The van der Waals surface area contributed by atoms with E-state index in [4.69, 9.17) is 0 Å². The summed E-state index contributed by atoms with van der Waals surface area (Å²) in [5.74, 6) is 1.41. The van der Waals surface area contributed by atoms with Crippen molar-refractivity contribution in [2.24, 2.45) is 0 Å². The topological polar surface area (TPSA) is 56.0 Å². The van der Waals surface area contributed by atoms with E-state index in [2.05, 4.69) is 43.0 Å². The fourth-order valence-corrected chi connectivity index (χ4v) is 0.857. The first-order valence-electron chi connectivity index (χ1n) is 3.55. The van der Waals surface area contributed by atoms with Crippen LogP contribution in [0.2, 0.25) is 0 Å². The number of aromatic nitrogens is 3. The van der Waals surface area contributed by atoms with E-state index < -0.39 is 0 Å². The molecule has 1 heterocycles. The van der Waals surface area contributed by atoms with Gasteiger partial charge in [-0.3, -0.25) is 3.93 Å². The van der Waals surface area contributed by atoms with E-state index in [0.29, 0.717) is 17.7 Å². The predicted octanol–water partition coefficient (Wildman–Crippen LogP) is 1.89. The number of nitrogens with zero attached hydrogens (tertiary/aromatic N) is 5. The molecule has 7 heteroatoms. The van der Waals surface area contributed by atoms with Gasteiger partial charge in [-0.15, -0.1) is 0 Å². The Labute approximate surface area is 117 Å². The van der Waals surface area contributed by atoms with Gasteiger partial charge < -0.3 is 15.3 Å². The van der Waals surface area contributed by atoms with E-state index in [0.717, 1.165) is 0 Å². The van der Waals surface area contributed by atoms with Gasteiger partial charge in [0.15, 0.2) is 5.95 Å². The zero-order valence-corrected chi connectivity index (χ0v) is 12.4. The van der Waals surface area contributed by atoms with Crippen molar-refractivity contribution < 1.29 is 32.7 Å². The van der Waals surface area contributed by atoms with Gasteiger partial charge in [0.25, 0.3) is 0 Å². The molecule has 0 aromatic carbocycles. The molecular formula is C7H9BrN5Y-. The largest absolute Gasteiger partial charge is 0.397 e. The number of hydrogen-bond donors (Lipinski definition) is 0. The smallest absolute Gasteiger partial charge is 0.164 e. The second kappa shape index (κ2) is 6.42. The molecule has 1 radical (unpaired) electrons. The van der Waals surface area contributed by atoms with Crippen LogP contribution in [0.4, 0.5) is 11.9 Å². The van der Waals surface area contributed by atoms with Crippen LogP contribution in [0, 0.1) is 0 Å². The van der Waals surface area contributed by atoms with Gasteiger partial charge in [-0.2, -0.15) is 0 Å². The van der Waals surface area contributed by atoms with Crippen LogP contribution in [0.5, 0.6) is 0 Å². The third kappa shape index (κ3) is 3.59. The van der Waals surface area contributed by atoms with Crippen LogP contribution in [-0.4, -0.2) is 29.0 Å². The Morgan fingerprint density at radius 3 is 2.50 bits per heavy atom. The van der Waals surface area contributed by atoms with Crippen molar-refractivity contribution in [3.8, 4) is 0 Å². The minimum absolute atomic E-state index is 0. The van der Waals surface area contributed by atoms with E-state index >= 15 is 0 Å². The standard InChI is InChI=1S/C7H9BrN5.Y/c1-4-5-10-6(9-2)12-7(11-5)13(3)8;/h4H,1H2,2-3H3;/q-1;. The van der Waals surface area contributed by atoms with E-state index in [1.807, 2.05) is 0 Å². The fraction of sp³-hybridized carbons (Fsp3) is 0.286. The Morgan fingerprint density at radius 2 is 2.07 bits per heavy atom. The number of anilines is 1. The third-order valence-electron chi connectivity index (χ3n) is 1.29. The van der Waals surface area contributed by atoms with Gasteiger partial charge >= 0.3 is 0 Å². The van der Waals surface area contributed by atoms with Crippen molar-refractivity contribution in [2.75, 3.05) is 18.0 Å². The maximum absolute atomic E-state index is 4.08. The minimum Gasteiger partial charge on any atom is -0.397 e. The van der Waals surface area contributed by atoms with Gasteiger partial charge in [0, 0.05) is 45.7 Å². The van der Waals surface area contributed by atoms with E-state index in [1.165, 1.54) is 0 Å². The molecule has 0 spiro atoms. The summed E-state index contributed by atoms with van der Waals surface area (Å²) in [6, 6.07) is 0. The molecule has 1 rings (SSSR count). The first kappa shape index (κ1) is 13.9. The molecule has 73 valence electrons. The molecule has 14 heavy (non-hydrogen) atoms. The van der Waals surface area contributed by atoms with E-state index in [9.17, 15) is 0 Å². The SMILES string of the molecule is C=Cc1nc([N-]C)nc(N(C)Br)n1.[Y]. The minimum atomic E-state index is 0. The molecule has 0 aliphatic heterocycles. The Balaban J connectivity index is 0.00000169. The van der Waals surface area contributed by atoms with Crippen LogP contribution in [0.1, 0.15) is 5.82 Å². The number of halogens is 1. The molecule has 0 atom stereocenters. The molecule has 0 aliphatic carbocycles. The van der Waals surface area contributed by atoms with Crippen LogP contribution in [0.25, 0.3) is 11.4 Å². The summed E-state index contributed by atoms with van der Waals surface area (Å²) in [7, 11) is 3.40. The Hall–Kier alpha value is -0.0661. The normalized spacial score (nSPS) is 8.79. The zero-order valence-electron chi connectivity index (χ0n) is 7.98. The summed E-state index contributed by atoms with van der Waals surface area (Å²) >= 11 is 3.21. The Bertz CT molecular complexity index is 317. The molecule has 0 aliphatic rings. The van der Waals surface area contributed by atoms with Gasteiger partial charge in [0.05, 0.1) is 22.0 Å². The summed E-state index contributed by atoms with van der Waals surface area (Å²) in [5.41, 5.74) is 0. The Morgan fingerprint density at radius 1 is 1.43 bits per heavy atom. The van der Waals surface area contributed by atoms with Crippen molar-refractivity contribution in [2.45, 2.75) is 0 Å². The summed E-state index contributed by atoms with van der Waals surface area (Å²) < 4.78 is 1.61. The van der Waals surface area contributed by atoms with Crippen LogP contribution in [-0.2, 0) is 32.7 Å². The van der Waals surface area contributed by atoms with E-state index in [1.54, 1.807) is 24.1 Å². The average molecular weight is 332 g/mol. The zero-order chi connectivity index (χ0) is 9.84. The molecule has 0 N–H and O–H groups in total. The van der Waals surface area contributed by atoms with Gasteiger partial charge in [0.2, 0.25) is 0 Å². The van der Waals surface area contributed by atoms with Crippen molar-refractivity contribution in [3.05, 3.63) is 17.7 Å². The Kier molecular flexibility index (Phi) is 6.39. The molecule has 1 aromatic heterocycles.